The Hall–Kier alpha value is -1.14. The van der Waals surface area contributed by atoms with Crippen molar-refractivity contribution in [3.8, 4) is 0 Å². The van der Waals surface area contributed by atoms with E-state index >= 15 is 0 Å². The predicted molar refractivity (Wildman–Crippen MR) is 76.1 cm³/mol. The van der Waals surface area contributed by atoms with E-state index in [1.54, 1.807) is 11.3 Å². The van der Waals surface area contributed by atoms with Gasteiger partial charge in [0.25, 0.3) is 5.56 Å². The Morgan fingerprint density at radius 3 is 3.06 bits per heavy atom. The molecule has 2 aromatic rings. The number of rotatable bonds is 4. The Labute approximate surface area is 117 Å². The highest BCUT2D eigenvalue weighted by atomic mass is 79.9. The van der Waals surface area contributed by atoms with E-state index < -0.39 is 0 Å². The summed E-state index contributed by atoms with van der Waals surface area (Å²) in [6, 6.07) is 4.67. The van der Waals surface area contributed by atoms with Crippen LogP contribution in [0.25, 0.3) is 0 Å². The fourth-order valence-electron chi connectivity index (χ4n) is 1.91. The smallest absolute Gasteiger partial charge is 0.267 e. The fourth-order valence-corrected chi connectivity index (χ4v) is 3.05. The van der Waals surface area contributed by atoms with Crippen molar-refractivity contribution in [1.29, 1.82) is 0 Å². The molecule has 1 N–H and O–H groups in total. The van der Waals surface area contributed by atoms with Gasteiger partial charge >= 0.3 is 0 Å². The van der Waals surface area contributed by atoms with Crippen molar-refractivity contribution < 1.29 is 0 Å². The first-order valence-corrected chi connectivity index (χ1v) is 7.45. The summed E-state index contributed by atoms with van der Waals surface area (Å²) in [5.41, 5.74) is -0.128. The maximum Gasteiger partial charge on any atom is 0.267 e. The highest BCUT2D eigenvalue weighted by Crippen LogP contribution is 2.34. The standard InChI is InChI=1S/C12H12BrN3OS/c13-10-11(14-7-15-12(10)17)16(8-3-4-8)6-9-2-1-5-18-9/h1-2,5,7-8H,3-4,6H2,(H,14,15,17). The SMILES string of the molecule is O=c1[nH]cnc(N(Cc2cccs2)C2CC2)c1Br. The van der Waals surface area contributed by atoms with Gasteiger partial charge in [0.15, 0.2) is 5.82 Å². The quantitative estimate of drug-likeness (QED) is 0.940. The molecule has 0 radical (unpaired) electrons. The first-order valence-electron chi connectivity index (χ1n) is 5.78. The maximum absolute atomic E-state index is 11.6. The third-order valence-electron chi connectivity index (χ3n) is 2.94. The van der Waals surface area contributed by atoms with E-state index in [0.29, 0.717) is 10.5 Å². The summed E-state index contributed by atoms with van der Waals surface area (Å²) in [6.45, 7) is 0.817. The number of anilines is 1. The molecule has 0 unspecified atom stereocenters. The zero-order valence-corrected chi connectivity index (χ0v) is 12.0. The lowest BCUT2D eigenvalue weighted by Gasteiger charge is -2.23. The van der Waals surface area contributed by atoms with Crippen molar-refractivity contribution in [2.45, 2.75) is 25.4 Å². The van der Waals surface area contributed by atoms with Gasteiger partial charge < -0.3 is 9.88 Å². The molecule has 0 amide bonds. The number of aromatic nitrogens is 2. The van der Waals surface area contributed by atoms with Gasteiger partial charge in [-0.3, -0.25) is 4.79 Å². The van der Waals surface area contributed by atoms with E-state index in [1.165, 1.54) is 24.0 Å². The summed E-state index contributed by atoms with van der Waals surface area (Å²) in [5.74, 6) is 0.745. The molecule has 0 bridgehead atoms. The van der Waals surface area contributed by atoms with E-state index in [4.69, 9.17) is 0 Å². The molecule has 0 saturated heterocycles. The monoisotopic (exact) mass is 325 g/mol. The van der Waals surface area contributed by atoms with Crippen LogP contribution >= 0.6 is 27.3 Å². The second kappa shape index (κ2) is 4.85. The van der Waals surface area contributed by atoms with Crippen LogP contribution in [0.3, 0.4) is 0 Å². The Morgan fingerprint density at radius 1 is 1.56 bits per heavy atom. The summed E-state index contributed by atoms with van der Waals surface area (Å²) < 4.78 is 0.522. The summed E-state index contributed by atoms with van der Waals surface area (Å²) in [7, 11) is 0. The number of H-pyrrole nitrogens is 1. The number of halogens is 1. The van der Waals surface area contributed by atoms with Gasteiger partial charge in [0.05, 0.1) is 12.9 Å². The van der Waals surface area contributed by atoms with E-state index in [0.717, 1.165) is 12.4 Å². The Kier molecular flexibility index (Phi) is 3.22. The van der Waals surface area contributed by atoms with Crippen LogP contribution in [0, 0.1) is 0 Å². The zero-order valence-electron chi connectivity index (χ0n) is 9.60. The Balaban J connectivity index is 1.94. The molecule has 1 saturated carbocycles. The third kappa shape index (κ3) is 2.35. The van der Waals surface area contributed by atoms with Crippen molar-refractivity contribution >= 4 is 33.1 Å². The number of thiophene rings is 1. The third-order valence-corrected chi connectivity index (χ3v) is 4.52. The van der Waals surface area contributed by atoms with Gasteiger partial charge in [-0.05, 0) is 40.2 Å². The van der Waals surface area contributed by atoms with Crippen molar-refractivity contribution in [3.05, 3.63) is 43.5 Å². The van der Waals surface area contributed by atoms with Crippen LogP contribution in [0.5, 0.6) is 0 Å². The lowest BCUT2D eigenvalue weighted by Crippen LogP contribution is -2.28. The molecular weight excluding hydrogens is 314 g/mol. The van der Waals surface area contributed by atoms with Crippen molar-refractivity contribution in [2.24, 2.45) is 0 Å². The number of aromatic amines is 1. The van der Waals surface area contributed by atoms with Gasteiger partial charge in [-0.15, -0.1) is 11.3 Å². The molecule has 2 heterocycles. The topological polar surface area (TPSA) is 49.0 Å². The fraction of sp³-hybridized carbons (Fsp3) is 0.333. The van der Waals surface area contributed by atoms with E-state index in [-0.39, 0.29) is 5.56 Å². The minimum Gasteiger partial charge on any atom is -0.347 e. The number of hydrogen-bond acceptors (Lipinski definition) is 4. The average molecular weight is 326 g/mol. The molecule has 6 heteroatoms. The molecule has 4 nitrogen and oxygen atoms in total. The van der Waals surface area contributed by atoms with Crippen LogP contribution in [0.15, 0.2) is 33.1 Å². The van der Waals surface area contributed by atoms with Crippen LogP contribution in [-0.4, -0.2) is 16.0 Å². The molecule has 1 fully saturated rings. The molecule has 0 spiro atoms. The van der Waals surface area contributed by atoms with Gasteiger partial charge in [0.1, 0.15) is 4.47 Å². The number of hydrogen-bond donors (Lipinski definition) is 1. The van der Waals surface area contributed by atoms with E-state index in [1.807, 2.05) is 6.07 Å². The molecule has 3 rings (SSSR count). The van der Waals surface area contributed by atoms with Crippen molar-refractivity contribution in [3.63, 3.8) is 0 Å². The molecule has 1 aliphatic rings. The van der Waals surface area contributed by atoms with E-state index in [2.05, 4.69) is 42.2 Å². The molecule has 18 heavy (non-hydrogen) atoms. The first-order chi connectivity index (χ1) is 8.75. The van der Waals surface area contributed by atoms with Gasteiger partial charge in [-0.25, -0.2) is 4.98 Å². The lowest BCUT2D eigenvalue weighted by atomic mass is 10.3. The summed E-state index contributed by atoms with van der Waals surface area (Å²) in [4.78, 5) is 22.0. The van der Waals surface area contributed by atoms with Gasteiger partial charge in [-0.1, -0.05) is 6.07 Å². The van der Waals surface area contributed by atoms with Crippen LogP contribution < -0.4 is 10.5 Å². The molecule has 0 aliphatic heterocycles. The minimum atomic E-state index is -0.128. The molecule has 94 valence electrons. The second-order valence-corrected chi connectivity index (χ2v) is 6.13. The molecule has 0 atom stereocenters. The molecule has 0 aromatic carbocycles. The van der Waals surface area contributed by atoms with Gasteiger partial charge in [0, 0.05) is 10.9 Å². The zero-order chi connectivity index (χ0) is 12.5. The van der Waals surface area contributed by atoms with Gasteiger partial charge in [0.2, 0.25) is 0 Å². The van der Waals surface area contributed by atoms with Crippen molar-refractivity contribution in [2.75, 3.05) is 4.90 Å². The normalized spacial score (nSPS) is 14.7. The highest BCUT2D eigenvalue weighted by Gasteiger charge is 2.31. The first kappa shape index (κ1) is 11.9. The van der Waals surface area contributed by atoms with Crippen LogP contribution in [-0.2, 0) is 6.54 Å². The Bertz CT molecular complexity index is 592. The predicted octanol–water partition coefficient (Wildman–Crippen LogP) is 2.76. The minimum absolute atomic E-state index is 0.128. The summed E-state index contributed by atoms with van der Waals surface area (Å²) >= 11 is 5.07. The largest absolute Gasteiger partial charge is 0.347 e. The number of nitrogens with zero attached hydrogens (tertiary/aromatic N) is 2. The Morgan fingerprint density at radius 2 is 2.39 bits per heavy atom. The number of nitrogens with one attached hydrogen (secondary N) is 1. The van der Waals surface area contributed by atoms with E-state index in [9.17, 15) is 4.79 Å². The summed E-state index contributed by atoms with van der Waals surface area (Å²) in [6.07, 6.45) is 3.81. The molecular formula is C12H12BrN3OS. The van der Waals surface area contributed by atoms with Crippen LogP contribution in [0.4, 0.5) is 5.82 Å². The average Bonchev–Trinajstić information content (AvgIpc) is 3.08. The summed E-state index contributed by atoms with van der Waals surface area (Å²) in [5, 5.41) is 2.07. The van der Waals surface area contributed by atoms with Crippen LogP contribution in [0.2, 0.25) is 0 Å². The van der Waals surface area contributed by atoms with Crippen LogP contribution in [0.1, 0.15) is 17.7 Å². The molecule has 1 aliphatic carbocycles. The van der Waals surface area contributed by atoms with Gasteiger partial charge in [-0.2, -0.15) is 0 Å². The molecule has 2 aromatic heterocycles. The maximum atomic E-state index is 11.6. The lowest BCUT2D eigenvalue weighted by molar-refractivity contribution is 0.778. The second-order valence-electron chi connectivity index (χ2n) is 4.31. The highest BCUT2D eigenvalue weighted by molar-refractivity contribution is 9.10. The van der Waals surface area contributed by atoms with Crippen molar-refractivity contribution in [1.82, 2.24) is 9.97 Å².